The lowest BCUT2D eigenvalue weighted by Crippen LogP contribution is -2.35. The Hall–Kier alpha value is -2.36. The van der Waals surface area contributed by atoms with Crippen molar-refractivity contribution >= 4 is 17.3 Å². The topological polar surface area (TPSA) is 32.3 Å². The first-order valence-electron chi connectivity index (χ1n) is 6.94. The minimum absolute atomic E-state index is 0.0558. The van der Waals surface area contributed by atoms with Crippen molar-refractivity contribution in [1.29, 1.82) is 0 Å². The molecule has 4 heteroatoms. The normalized spacial score (nSPS) is 17.6. The lowest BCUT2D eigenvalue weighted by molar-refractivity contribution is -0.118. The summed E-state index contributed by atoms with van der Waals surface area (Å²) in [5, 5.41) is 3.31. The number of amides is 1. The average Bonchev–Trinajstić information content (AvgIpc) is 2.48. The summed E-state index contributed by atoms with van der Waals surface area (Å²) in [6.07, 6.45) is 0.365. The number of nitrogens with one attached hydrogen (secondary N) is 1. The first-order chi connectivity index (χ1) is 10.1. The molecule has 1 atom stereocenters. The minimum atomic E-state index is -0.282. The molecule has 1 heterocycles. The molecule has 108 valence electrons. The highest BCUT2D eigenvalue weighted by atomic mass is 19.1. The van der Waals surface area contributed by atoms with Gasteiger partial charge >= 0.3 is 0 Å². The second-order valence-electron chi connectivity index (χ2n) is 5.37. The third-order valence-corrected chi connectivity index (χ3v) is 3.96. The van der Waals surface area contributed by atoms with Crippen LogP contribution in [0, 0.1) is 12.7 Å². The lowest BCUT2D eigenvalue weighted by Gasteiger charge is -2.32. The van der Waals surface area contributed by atoms with Crippen molar-refractivity contribution in [2.75, 3.05) is 17.3 Å². The fourth-order valence-corrected chi connectivity index (χ4v) is 2.71. The Kier molecular flexibility index (Phi) is 3.37. The number of carbonyl (C=O) groups is 1. The Labute approximate surface area is 123 Å². The summed E-state index contributed by atoms with van der Waals surface area (Å²) < 4.78 is 13.4. The van der Waals surface area contributed by atoms with Gasteiger partial charge in [-0.2, -0.15) is 0 Å². The van der Waals surface area contributed by atoms with Gasteiger partial charge in [0, 0.05) is 18.4 Å². The van der Waals surface area contributed by atoms with Crippen molar-refractivity contribution in [1.82, 2.24) is 0 Å². The molecule has 0 bridgehead atoms. The molecule has 1 aliphatic heterocycles. The van der Waals surface area contributed by atoms with Gasteiger partial charge in [-0.1, -0.05) is 24.3 Å². The van der Waals surface area contributed by atoms with Gasteiger partial charge in [-0.05, 0) is 36.2 Å². The highest BCUT2D eigenvalue weighted by molar-refractivity contribution is 5.97. The lowest BCUT2D eigenvalue weighted by atomic mass is 9.95. The van der Waals surface area contributed by atoms with Gasteiger partial charge in [-0.15, -0.1) is 0 Å². The summed E-state index contributed by atoms with van der Waals surface area (Å²) in [5.74, 6) is -0.226. The third-order valence-electron chi connectivity index (χ3n) is 3.96. The van der Waals surface area contributed by atoms with E-state index >= 15 is 0 Å². The Morgan fingerprint density at radius 1 is 1.24 bits per heavy atom. The van der Waals surface area contributed by atoms with Crippen LogP contribution in [0.15, 0.2) is 42.5 Å². The van der Waals surface area contributed by atoms with Crippen LogP contribution in [0.25, 0.3) is 0 Å². The summed E-state index contributed by atoms with van der Waals surface area (Å²) in [6, 6.07) is 12.3. The Morgan fingerprint density at radius 3 is 2.81 bits per heavy atom. The molecule has 0 saturated carbocycles. The van der Waals surface area contributed by atoms with Gasteiger partial charge in [0.2, 0.25) is 5.91 Å². The number of anilines is 2. The highest BCUT2D eigenvalue weighted by Gasteiger charge is 2.28. The fraction of sp³-hybridized carbons (Fsp3) is 0.235. The summed E-state index contributed by atoms with van der Waals surface area (Å²) >= 11 is 0. The van der Waals surface area contributed by atoms with Gasteiger partial charge in [0.05, 0.1) is 12.5 Å². The van der Waals surface area contributed by atoms with E-state index in [1.807, 2.05) is 31.2 Å². The number of fused-ring (bicyclic) bond motifs is 1. The van der Waals surface area contributed by atoms with Crippen molar-refractivity contribution in [2.45, 2.75) is 19.4 Å². The summed E-state index contributed by atoms with van der Waals surface area (Å²) in [6.45, 7) is 1.92. The molecule has 2 aromatic carbocycles. The highest BCUT2D eigenvalue weighted by Crippen LogP contribution is 2.36. The second kappa shape index (κ2) is 5.20. The maximum Gasteiger partial charge on any atom is 0.229 e. The van der Waals surface area contributed by atoms with E-state index < -0.39 is 0 Å². The molecular weight excluding hydrogens is 267 g/mol. The van der Waals surface area contributed by atoms with Gasteiger partial charge in [-0.3, -0.25) is 4.79 Å². The molecule has 3 rings (SSSR count). The molecule has 0 aromatic heterocycles. The van der Waals surface area contributed by atoms with E-state index in [1.54, 1.807) is 18.0 Å². The summed E-state index contributed by atoms with van der Waals surface area (Å²) in [4.78, 5) is 13.8. The van der Waals surface area contributed by atoms with Crippen LogP contribution in [0.5, 0.6) is 0 Å². The zero-order valence-corrected chi connectivity index (χ0v) is 12.1. The van der Waals surface area contributed by atoms with Crippen LogP contribution in [0.3, 0.4) is 0 Å². The molecular formula is C17H17FN2O. The second-order valence-corrected chi connectivity index (χ2v) is 5.37. The maximum absolute atomic E-state index is 13.4. The minimum Gasteiger partial charge on any atom is -0.377 e. The molecule has 1 N–H and O–H groups in total. The standard InChI is InChI=1S/C17H17FN2O/c1-11-7-8-12(18)9-14(11)19-15-10-17(21)20(2)16-6-4-3-5-13(15)16/h3-9,15,19H,10H2,1-2H3. The smallest absolute Gasteiger partial charge is 0.229 e. The quantitative estimate of drug-likeness (QED) is 0.913. The van der Waals surface area contributed by atoms with E-state index in [2.05, 4.69) is 5.32 Å². The number of benzene rings is 2. The zero-order chi connectivity index (χ0) is 15.0. The molecule has 0 radical (unpaired) electrons. The number of carbonyl (C=O) groups excluding carboxylic acids is 1. The van der Waals surface area contributed by atoms with E-state index in [1.165, 1.54) is 12.1 Å². The number of aryl methyl sites for hydroxylation is 1. The van der Waals surface area contributed by atoms with E-state index in [9.17, 15) is 9.18 Å². The molecule has 1 unspecified atom stereocenters. The SMILES string of the molecule is Cc1ccc(F)cc1NC1CC(=O)N(C)c2ccccc21. The van der Waals surface area contributed by atoms with Gasteiger partial charge in [0.25, 0.3) is 0 Å². The van der Waals surface area contributed by atoms with Crippen molar-refractivity contribution in [3.8, 4) is 0 Å². The van der Waals surface area contributed by atoms with Crippen molar-refractivity contribution in [2.24, 2.45) is 0 Å². The predicted octanol–water partition coefficient (Wildman–Crippen LogP) is 3.65. The van der Waals surface area contributed by atoms with Crippen LogP contribution >= 0.6 is 0 Å². The molecule has 21 heavy (non-hydrogen) atoms. The third kappa shape index (κ3) is 2.49. The van der Waals surface area contributed by atoms with Crippen molar-refractivity contribution in [3.05, 3.63) is 59.4 Å². The molecule has 2 aromatic rings. The number of halogens is 1. The molecule has 0 spiro atoms. The van der Waals surface area contributed by atoms with Gasteiger partial charge < -0.3 is 10.2 Å². The summed E-state index contributed by atoms with van der Waals surface area (Å²) in [7, 11) is 1.78. The molecule has 3 nitrogen and oxygen atoms in total. The van der Waals surface area contributed by atoms with Gasteiger partial charge in [0.1, 0.15) is 5.82 Å². The molecule has 0 fully saturated rings. The molecule has 1 amide bonds. The number of hydrogen-bond acceptors (Lipinski definition) is 2. The number of nitrogens with zero attached hydrogens (tertiary/aromatic N) is 1. The molecule has 1 aliphatic rings. The number of hydrogen-bond donors (Lipinski definition) is 1. The van der Waals surface area contributed by atoms with E-state index in [0.29, 0.717) is 6.42 Å². The maximum atomic E-state index is 13.4. The van der Waals surface area contributed by atoms with Crippen LogP contribution in [-0.4, -0.2) is 13.0 Å². The molecule has 0 aliphatic carbocycles. The fourth-order valence-electron chi connectivity index (χ4n) is 2.71. The number of para-hydroxylation sites is 1. The Bertz CT molecular complexity index is 699. The van der Waals surface area contributed by atoms with Gasteiger partial charge in [-0.25, -0.2) is 4.39 Å². The van der Waals surface area contributed by atoms with E-state index in [-0.39, 0.29) is 17.8 Å². The van der Waals surface area contributed by atoms with Crippen LogP contribution < -0.4 is 10.2 Å². The van der Waals surface area contributed by atoms with Crippen LogP contribution in [0.2, 0.25) is 0 Å². The Balaban J connectivity index is 1.98. The molecule has 0 saturated heterocycles. The van der Waals surface area contributed by atoms with Crippen molar-refractivity contribution in [3.63, 3.8) is 0 Å². The van der Waals surface area contributed by atoms with Crippen molar-refractivity contribution < 1.29 is 9.18 Å². The van der Waals surface area contributed by atoms with Crippen LogP contribution in [-0.2, 0) is 4.79 Å². The number of rotatable bonds is 2. The van der Waals surface area contributed by atoms with Gasteiger partial charge in [0.15, 0.2) is 0 Å². The summed E-state index contributed by atoms with van der Waals surface area (Å²) in [5.41, 5.74) is 3.65. The van der Waals surface area contributed by atoms with E-state index in [4.69, 9.17) is 0 Å². The first kappa shape index (κ1) is 13.6. The Morgan fingerprint density at radius 2 is 2.00 bits per heavy atom. The predicted molar refractivity (Wildman–Crippen MR) is 82.0 cm³/mol. The van der Waals surface area contributed by atoms with E-state index in [0.717, 1.165) is 22.5 Å². The monoisotopic (exact) mass is 284 g/mol. The van der Waals surface area contributed by atoms with Crippen LogP contribution in [0.4, 0.5) is 15.8 Å². The van der Waals surface area contributed by atoms with Crippen LogP contribution in [0.1, 0.15) is 23.6 Å². The average molecular weight is 284 g/mol. The largest absolute Gasteiger partial charge is 0.377 e. The first-order valence-corrected chi connectivity index (χ1v) is 6.94. The zero-order valence-electron chi connectivity index (χ0n) is 12.1.